The molecule has 0 aromatic heterocycles. The van der Waals surface area contributed by atoms with Crippen molar-refractivity contribution in [3.63, 3.8) is 0 Å². The van der Waals surface area contributed by atoms with Crippen molar-refractivity contribution in [1.82, 2.24) is 4.90 Å². The van der Waals surface area contributed by atoms with Crippen LogP contribution in [-0.2, 0) is 11.3 Å². The summed E-state index contributed by atoms with van der Waals surface area (Å²) >= 11 is 5.98. The van der Waals surface area contributed by atoms with E-state index in [2.05, 4.69) is 5.32 Å². The van der Waals surface area contributed by atoms with Crippen molar-refractivity contribution in [2.75, 3.05) is 5.32 Å². The van der Waals surface area contributed by atoms with Crippen LogP contribution in [0.15, 0.2) is 78.9 Å². The molecule has 1 aliphatic heterocycles. The summed E-state index contributed by atoms with van der Waals surface area (Å²) in [6.45, 7) is 0.303. The number of nitrogens with one attached hydrogen (secondary N) is 1. The summed E-state index contributed by atoms with van der Waals surface area (Å²) in [5, 5.41) is 3.53. The van der Waals surface area contributed by atoms with E-state index in [1.165, 1.54) is 0 Å². The van der Waals surface area contributed by atoms with Crippen LogP contribution in [0.1, 0.15) is 27.5 Å². The fourth-order valence-electron chi connectivity index (χ4n) is 3.31. The molecule has 2 amide bonds. The molecule has 1 N–H and O–H groups in total. The first-order chi connectivity index (χ1) is 13.1. The van der Waals surface area contributed by atoms with Crippen LogP contribution in [0, 0.1) is 0 Å². The monoisotopic (exact) mass is 376 g/mol. The van der Waals surface area contributed by atoms with Gasteiger partial charge in [0.2, 0.25) is 0 Å². The van der Waals surface area contributed by atoms with Crippen LogP contribution in [0.25, 0.3) is 0 Å². The van der Waals surface area contributed by atoms with Gasteiger partial charge in [0.05, 0.1) is 11.3 Å². The maximum atomic E-state index is 13.3. The van der Waals surface area contributed by atoms with E-state index in [-0.39, 0.29) is 11.8 Å². The molecule has 3 aromatic carbocycles. The summed E-state index contributed by atoms with van der Waals surface area (Å²) in [7, 11) is 0. The molecule has 0 radical (unpaired) electrons. The summed E-state index contributed by atoms with van der Waals surface area (Å²) in [5.74, 6) is -0.416. The van der Waals surface area contributed by atoms with Crippen LogP contribution in [0.4, 0.5) is 5.69 Å². The number of carbonyl (C=O) groups excluding carboxylic acids is 2. The Balaban J connectivity index is 1.81. The molecule has 0 fully saturated rings. The number of anilines is 1. The minimum Gasteiger partial charge on any atom is -0.323 e. The molecular weight excluding hydrogens is 360 g/mol. The Labute approximate surface area is 162 Å². The second kappa shape index (κ2) is 7.25. The second-order valence-electron chi connectivity index (χ2n) is 6.41. The standard InChI is InChI=1S/C22H17ClN2O2/c23-17-12-10-15(11-13-17)14-25-20(16-6-2-1-3-7-16)21(26)24-19-9-5-4-8-18(19)22(25)27/h1-13,20H,14H2,(H,24,26). The van der Waals surface area contributed by atoms with Gasteiger partial charge in [-0.2, -0.15) is 0 Å². The SMILES string of the molecule is O=C1Nc2ccccc2C(=O)N(Cc2ccc(Cl)cc2)C1c1ccccc1. The van der Waals surface area contributed by atoms with E-state index in [4.69, 9.17) is 11.6 Å². The number of hydrogen-bond acceptors (Lipinski definition) is 2. The number of para-hydroxylation sites is 1. The zero-order chi connectivity index (χ0) is 18.8. The Bertz CT molecular complexity index is 987. The van der Waals surface area contributed by atoms with Gasteiger partial charge in [0, 0.05) is 11.6 Å². The first-order valence-electron chi connectivity index (χ1n) is 8.64. The Morgan fingerprint density at radius 2 is 1.52 bits per heavy atom. The summed E-state index contributed by atoms with van der Waals surface area (Å²) in [4.78, 5) is 28.0. The molecule has 27 heavy (non-hydrogen) atoms. The zero-order valence-corrected chi connectivity index (χ0v) is 15.2. The van der Waals surface area contributed by atoms with Gasteiger partial charge in [-0.25, -0.2) is 0 Å². The number of fused-ring (bicyclic) bond motifs is 1. The van der Waals surface area contributed by atoms with Crippen molar-refractivity contribution >= 4 is 29.1 Å². The second-order valence-corrected chi connectivity index (χ2v) is 6.84. The van der Waals surface area contributed by atoms with Gasteiger partial charge in [-0.05, 0) is 35.4 Å². The van der Waals surface area contributed by atoms with Crippen molar-refractivity contribution in [2.24, 2.45) is 0 Å². The molecule has 4 rings (SSSR count). The first kappa shape index (κ1) is 17.3. The molecular formula is C22H17ClN2O2. The number of benzene rings is 3. The molecule has 134 valence electrons. The lowest BCUT2D eigenvalue weighted by molar-refractivity contribution is -0.120. The molecule has 1 unspecified atom stereocenters. The van der Waals surface area contributed by atoms with Gasteiger partial charge in [0.1, 0.15) is 6.04 Å². The number of hydrogen-bond donors (Lipinski definition) is 1. The van der Waals surface area contributed by atoms with Gasteiger partial charge in [-0.3, -0.25) is 9.59 Å². The molecule has 1 aliphatic rings. The third kappa shape index (κ3) is 3.44. The first-order valence-corrected chi connectivity index (χ1v) is 9.01. The van der Waals surface area contributed by atoms with Crippen molar-refractivity contribution < 1.29 is 9.59 Å². The summed E-state index contributed by atoms with van der Waals surface area (Å²) in [6, 6.07) is 23.0. The molecule has 5 heteroatoms. The van der Waals surface area contributed by atoms with E-state index >= 15 is 0 Å². The van der Waals surface area contributed by atoms with Crippen molar-refractivity contribution in [3.05, 3.63) is 101 Å². The lowest BCUT2D eigenvalue weighted by atomic mass is 10.0. The molecule has 3 aromatic rings. The number of halogens is 1. The molecule has 0 bridgehead atoms. The Kier molecular flexibility index (Phi) is 4.65. The predicted octanol–water partition coefficient (Wildman–Crippen LogP) is 4.68. The van der Waals surface area contributed by atoms with E-state index in [0.717, 1.165) is 11.1 Å². The van der Waals surface area contributed by atoms with E-state index in [1.54, 1.807) is 41.3 Å². The Morgan fingerprint density at radius 1 is 0.852 bits per heavy atom. The van der Waals surface area contributed by atoms with E-state index in [0.29, 0.717) is 22.8 Å². The molecule has 0 saturated heterocycles. The lowest BCUT2D eigenvalue weighted by Crippen LogP contribution is -2.38. The average Bonchev–Trinajstić information content (AvgIpc) is 2.79. The molecule has 0 aliphatic carbocycles. The number of carbonyl (C=O) groups is 2. The highest BCUT2D eigenvalue weighted by Gasteiger charge is 2.36. The van der Waals surface area contributed by atoms with E-state index in [1.807, 2.05) is 42.5 Å². The fourth-order valence-corrected chi connectivity index (χ4v) is 3.44. The van der Waals surface area contributed by atoms with Crippen LogP contribution >= 0.6 is 11.6 Å². The summed E-state index contributed by atoms with van der Waals surface area (Å²) in [5.41, 5.74) is 2.69. The fraction of sp³-hybridized carbons (Fsp3) is 0.0909. The third-order valence-electron chi connectivity index (χ3n) is 4.62. The van der Waals surface area contributed by atoms with Crippen LogP contribution in [-0.4, -0.2) is 16.7 Å². The van der Waals surface area contributed by atoms with Crippen molar-refractivity contribution in [1.29, 1.82) is 0 Å². The van der Waals surface area contributed by atoms with Gasteiger partial charge < -0.3 is 10.2 Å². The number of nitrogens with zero attached hydrogens (tertiary/aromatic N) is 1. The summed E-state index contributed by atoms with van der Waals surface area (Å²) in [6.07, 6.45) is 0. The Hall–Kier alpha value is -3.11. The smallest absolute Gasteiger partial charge is 0.257 e. The number of amides is 2. The van der Waals surface area contributed by atoms with E-state index in [9.17, 15) is 9.59 Å². The molecule has 0 saturated carbocycles. The minimum absolute atomic E-state index is 0.187. The highest BCUT2D eigenvalue weighted by Crippen LogP contribution is 2.32. The summed E-state index contributed by atoms with van der Waals surface area (Å²) < 4.78 is 0. The van der Waals surface area contributed by atoms with Crippen LogP contribution in [0.3, 0.4) is 0 Å². The lowest BCUT2D eigenvalue weighted by Gasteiger charge is -2.29. The largest absolute Gasteiger partial charge is 0.323 e. The van der Waals surface area contributed by atoms with Gasteiger partial charge in [-0.15, -0.1) is 0 Å². The minimum atomic E-state index is -0.721. The number of rotatable bonds is 3. The molecule has 1 atom stereocenters. The van der Waals surface area contributed by atoms with Crippen LogP contribution in [0.5, 0.6) is 0 Å². The van der Waals surface area contributed by atoms with Crippen molar-refractivity contribution in [3.8, 4) is 0 Å². The Morgan fingerprint density at radius 3 is 2.26 bits per heavy atom. The normalized spacial score (nSPS) is 16.5. The topological polar surface area (TPSA) is 49.4 Å². The van der Waals surface area contributed by atoms with Gasteiger partial charge in [0.15, 0.2) is 0 Å². The predicted molar refractivity (Wildman–Crippen MR) is 106 cm³/mol. The van der Waals surface area contributed by atoms with Crippen LogP contribution < -0.4 is 5.32 Å². The van der Waals surface area contributed by atoms with Gasteiger partial charge >= 0.3 is 0 Å². The van der Waals surface area contributed by atoms with Crippen LogP contribution in [0.2, 0.25) is 5.02 Å². The zero-order valence-electron chi connectivity index (χ0n) is 14.4. The molecule has 1 heterocycles. The van der Waals surface area contributed by atoms with E-state index < -0.39 is 6.04 Å². The van der Waals surface area contributed by atoms with Gasteiger partial charge in [-0.1, -0.05) is 66.2 Å². The maximum absolute atomic E-state index is 13.3. The average molecular weight is 377 g/mol. The molecule has 4 nitrogen and oxygen atoms in total. The van der Waals surface area contributed by atoms with Gasteiger partial charge in [0.25, 0.3) is 11.8 Å². The molecule has 0 spiro atoms. The highest BCUT2D eigenvalue weighted by atomic mass is 35.5. The highest BCUT2D eigenvalue weighted by molar-refractivity contribution is 6.30. The van der Waals surface area contributed by atoms with Crippen molar-refractivity contribution in [2.45, 2.75) is 12.6 Å². The maximum Gasteiger partial charge on any atom is 0.257 e. The third-order valence-corrected chi connectivity index (χ3v) is 4.87. The quantitative estimate of drug-likeness (QED) is 0.721.